The molecular formula is C13H18BrN3S. The Kier molecular flexibility index (Phi) is 4.59. The van der Waals surface area contributed by atoms with E-state index >= 15 is 0 Å². The average molecular weight is 328 g/mol. The van der Waals surface area contributed by atoms with Crippen molar-refractivity contribution in [3.05, 3.63) is 37.7 Å². The number of rotatable bonds is 5. The molecule has 0 aliphatic carbocycles. The van der Waals surface area contributed by atoms with E-state index in [4.69, 9.17) is 0 Å². The summed E-state index contributed by atoms with van der Waals surface area (Å²) in [5, 5.41) is 12.4. The van der Waals surface area contributed by atoms with E-state index in [1.165, 1.54) is 16.8 Å². The smallest absolute Gasteiger partial charge is 0.0767 e. The first-order valence-electron chi connectivity index (χ1n) is 6.06. The molecule has 2 heterocycles. The van der Waals surface area contributed by atoms with Crippen LogP contribution in [0.3, 0.4) is 0 Å². The Morgan fingerprint density at radius 2 is 2.17 bits per heavy atom. The van der Waals surface area contributed by atoms with Gasteiger partial charge < -0.3 is 5.32 Å². The van der Waals surface area contributed by atoms with Gasteiger partial charge in [-0.15, -0.1) is 0 Å². The summed E-state index contributed by atoms with van der Waals surface area (Å²) in [5.74, 6) is 0. The third-order valence-corrected chi connectivity index (χ3v) is 4.90. The van der Waals surface area contributed by atoms with Crippen molar-refractivity contribution in [3.63, 3.8) is 0 Å². The highest BCUT2D eigenvalue weighted by molar-refractivity contribution is 9.10. The van der Waals surface area contributed by atoms with Gasteiger partial charge in [-0.05, 0) is 51.2 Å². The van der Waals surface area contributed by atoms with Crippen molar-refractivity contribution in [2.24, 2.45) is 7.05 Å². The molecule has 0 aliphatic heterocycles. The van der Waals surface area contributed by atoms with Crippen LogP contribution >= 0.6 is 27.3 Å². The summed E-state index contributed by atoms with van der Waals surface area (Å²) in [4.78, 5) is 0. The summed E-state index contributed by atoms with van der Waals surface area (Å²) in [6, 6.07) is 0. The predicted octanol–water partition coefficient (Wildman–Crippen LogP) is 3.40. The van der Waals surface area contributed by atoms with E-state index in [-0.39, 0.29) is 0 Å². The number of hydrogen-bond acceptors (Lipinski definition) is 3. The summed E-state index contributed by atoms with van der Waals surface area (Å²) in [5.41, 5.74) is 5.08. The lowest BCUT2D eigenvalue weighted by molar-refractivity contribution is 0.622. The summed E-state index contributed by atoms with van der Waals surface area (Å²) >= 11 is 5.39. The Morgan fingerprint density at radius 1 is 1.39 bits per heavy atom. The molecule has 0 saturated heterocycles. The highest BCUT2D eigenvalue weighted by Gasteiger charge is 2.11. The number of hydrogen-bond donors (Lipinski definition) is 1. The van der Waals surface area contributed by atoms with Crippen LogP contribution in [-0.4, -0.2) is 9.78 Å². The van der Waals surface area contributed by atoms with Crippen molar-refractivity contribution in [1.82, 2.24) is 15.1 Å². The molecule has 2 aromatic heterocycles. The summed E-state index contributed by atoms with van der Waals surface area (Å²) in [6.07, 6.45) is 0.956. The van der Waals surface area contributed by atoms with Crippen LogP contribution in [0.25, 0.3) is 0 Å². The Bertz CT molecular complexity index is 530. The number of thiophene rings is 1. The van der Waals surface area contributed by atoms with Gasteiger partial charge in [0.25, 0.3) is 0 Å². The molecule has 2 aromatic rings. The zero-order valence-corrected chi connectivity index (χ0v) is 13.4. The third-order valence-electron chi connectivity index (χ3n) is 3.07. The molecule has 5 heteroatoms. The number of nitrogens with one attached hydrogen (secondary N) is 1. The standard InChI is InChI=1S/C13H18BrN3S/c1-4-11-13(14)12(17(3)16-11)6-15-5-10-8-18-7-9(10)2/h7-8,15H,4-6H2,1-3H3. The van der Waals surface area contributed by atoms with E-state index < -0.39 is 0 Å². The van der Waals surface area contributed by atoms with Crippen molar-refractivity contribution >= 4 is 27.3 Å². The maximum Gasteiger partial charge on any atom is 0.0767 e. The monoisotopic (exact) mass is 327 g/mol. The molecule has 0 radical (unpaired) electrons. The fraction of sp³-hybridized carbons (Fsp3) is 0.462. The lowest BCUT2D eigenvalue weighted by atomic mass is 10.2. The number of halogens is 1. The Balaban J connectivity index is 1.98. The van der Waals surface area contributed by atoms with Gasteiger partial charge in [0.05, 0.1) is 15.9 Å². The Labute approximate surface area is 120 Å². The van der Waals surface area contributed by atoms with Crippen LogP contribution in [-0.2, 0) is 26.6 Å². The first-order valence-corrected chi connectivity index (χ1v) is 7.79. The maximum atomic E-state index is 4.49. The van der Waals surface area contributed by atoms with Crippen LogP contribution in [0.15, 0.2) is 15.2 Å². The van der Waals surface area contributed by atoms with Gasteiger partial charge in [0, 0.05) is 20.1 Å². The summed E-state index contributed by atoms with van der Waals surface area (Å²) < 4.78 is 3.10. The fourth-order valence-electron chi connectivity index (χ4n) is 1.90. The second kappa shape index (κ2) is 5.99. The summed E-state index contributed by atoms with van der Waals surface area (Å²) in [7, 11) is 2.00. The van der Waals surface area contributed by atoms with Gasteiger partial charge >= 0.3 is 0 Å². The van der Waals surface area contributed by atoms with Crippen molar-refractivity contribution in [1.29, 1.82) is 0 Å². The molecule has 0 aromatic carbocycles. The predicted molar refractivity (Wildman–Crippen MR) is 79.9 cm³/mol. The van der Waals surface area contributed by atoms with Crippen LogP contribution < -0.4 is 5.32 Å². The fourth-order valence-corrected chi connectivity index (χ4v) is 3.51. The van der Waals surface area contributed by atoms with Crippen LogP contribution in [0.2, 0.25) is 0 Å². The molecular weight excluding hydrogens is 310 g/mol. The van der Waals surface area contributed by atoms with E-state index in [1.807, 2.05) is 11.7 Å². The largest absolute Gasteiger partial charge is 0.307 e. The van der Waals surface area contributed by atoms with Gasteiger partial charge in [-0.3, -0.25) is 4.68 Å². The quantitative estimate of drug-likeness (QED) is 0.912. The molecule has 0 fully saturated rings. The first-order chi connectivity index (χ1) is 8.63. The maximum absolute atomic E-state index is 4.49. The average Bonchev–Trinajstić information content (AvgIpc) is 2.87. The minimum Gasteiger partial charge on any atom is -0.307 e. The van der Waals surface area contributed by atoms with E-state index in [0.29, 0.717) is 0 Å². The second-order valence-electron chi connectivity index (χ2n) is 4.37. The topological polar surface area (TPSA) is 29.9 Å². The minimum atomic E-state index is 0.833. The number of aryl methyl sites for hydroxylation is 3. The molecule has 0 unspecified atom stereocenters. The molecule has 3 nitrogen and oxygen atoms in total. The van der Waals surface area contributed by atoms with Crippen LogP contribution in [0.5, 0.6) is 0 Å². The van der Waals surface area contributed by atoms with Crippen molar-refractivity contribution in [2.75, 3.05) is 0 Å². The van der Waals surface area contributed by atoms with Gasteiger partial charge in [-0.25, -0.2) is 0 Å². The third kappa shape index (κ3) is 2.84. The van der Waals surface area contributed by atoms with Gasteiger partial charge in [0.1, 0.15) is 0 Å². The van der Waals surface area contributed by atoms with Gasteiger partial charge in [0.2, 0.25) is 0 Å². The van der Waals surface area contributed by atoms with E-state index in [0.717, 1.165) is 29.7 Å². The van der Waals surface area contributed by atoms with Crippen molar-refractivity contribution in [2.45, 2.75) is 33.4 Å². The normalized spacial score (nSPS) is 11.1. The molecule has 98 valence electrons. The molecule has 2 rings (SSSR count). The number of aromatic nitrogens is 2. The highest BCUT2D eigenvalue weighted by Crippen LogP contribution is 2.21. The molecule has 0 bridgehead atoms. The molecule has 0 amide bonds. The lowest BCUT2D eigenvalue weighted by Crippen LogP contribution is -2.15. The van der Waals surface area contributed by atoms with E-state index in [2.05, 4.69) is 51.0 Å². The van der Waals surface area contributed by atoms with Crippen LogP contribution in [0.4, 0.5) is 0 Å². The van der Waals surface area contributed by atoms with Gasteiger partial charge in [-0.1, -0.05) is 6.92 Å². The summed E-state index contributed by atoms with van der Waals surface area (Å²) in [6.45, 7) is 6.02. The minimum absolute atomic E-state index is 0.833. The van der Waals surface area contributed by atoms with E-state index in [9.17, 15) is 0 Å². The van der Waals surface area contributed by atoms with Crippen LogP contribution in [0, 0.1) is 6.92 Å². The van der Waals surface area contributed by atoms with Crippen molar-refractivity contribution in [3.8, 4) is 0 Å². The number of nitrogens with zero attached hydrogens (tertiary/aromatic N) is 2. The van der Waals surface area contributed by atoms with Gasteiger partial charge in [-0.2, -0.15) is 16.4 Å². The zero-order chi connectivity index (χ0) is 13.1. The van der Waals surface area contributed by atoms with E-state index in [1.54, 1.807) is 11.3 Å². The zero-order valence-electron chi connectivity index (χ0n) is 11.0. The first kappa shape index (κ1) is 13.8. The molecule has 0 atom stereocenters. The second-order valence-corrected chi connectivity index (χ2v) is 5.90. The molecule has 0 spiro atoms. The molecule has 0 saturated carbocycles. The SMILES string of the molecule is CCc1nn(C)c(CNCc2cscc2C)c1Br. The highest BCUT2D eigenvalue weighted by atomic mass is 79.9. The van der Waals surface area contributed by atoms with Gasteiger partial charge in [0.15, 0.2) is 0 Å². The Morgan fingerprint density at radius 3 is 2.72 bits per heavy atom. The molecule has 1 N–H and O–H groups in total. The molecule has 0 aliphatic rings. The Hall–Kier alpha value is -0.650. The van der Waals surface area contributed by atoms with Crippen molar-refractivity contribution < 1.29 is 0 Å². The van der Waals surface area contributed by atoms with Crippen LogP contribution in [0.1, 0.15) is 29.4 Å². The lowest BCUT2D eigenvalue weighted by Gasteiger charge is -2.06. The molecule has 18 heavy (non-hydrogen) atoms.